The Kier molecular flexibility index (Phi) is 3.28. The van der Waals surface area contributed by atoms with Crippen LogP contribution in [0.15, 0.2) is 24.4 Å². The molecule has 0 aliphatic rings. The molecule has 0 saturated heterocycles. The lowest BCUT2D eigenvalue weighted by atomic mass is 10.3. The molecule has 5 nitrogen and oxygen atoms in total. The van der Waals surface area contributed by atoms with Crippen LogP contribution in [0.3, 0.4) is 0 Å². The molecule has 0 spiro atoms. The van der Waals surface area contributed by atoms with Crippen molar-refractivity contribution in [3.63, 3.8) is 0 Å². The molecule has 94 valence electrons. The fraction of sp³-hybridized carbons (Fsp3) is 0. The van der Waals surface area contributed by atoms with Gasteiger partial charge in [0.1, 0.15) is 11.6 Å². The standard InChI is InChI=1S/C10H8F3N5/c11-5-1-2-6(12)8(3-5)16-9-7(13)4-15-10(17-9)18-14/h1-4H,14H2,(H2,15,16,17,18). The molecule has 0 amide bonds. The van der Waals surface area contributed by atoms with Gasteiger partial charge in [-0.1, -0.05) is 0 Å². The first kappa shape index (κ1) is 12.1. The summed E-state index contributed by atoms with van der Waals surface area (Å²) in [6, 6.07) is 2.75. The predicted octanol–water partition coefficient (Wildman–Crippen LogP) is 1.92. The number of rotatable bonds is 3. The molecule has 1 aromatic carbocycles. The molecule has 2 aromatic rings. The molecule has 0 atom stereocenters. The lowest BCUT2D eigenvalue weighted by molar-refractivity contribution is 0.601. The molecular formula is C10H8F3N5. The number of nitrogens with one attached hydrogen (secondary N) is 2. The van der Waals surface area contributed by atoms with Crippen molar-refractivity contribution in [2.45, 2.75) is 0 Å². The maximum Gasteiger partial charge on any atom is 0.239 e. The van der Waals surface area contributed by atoms with E-state index in [1.165, 1.54) is 0 Å². The Labute approximate surface area is 99.8 Å². The van der Waals surface area contributed by atoms with E-state index in [0.29, 0.717) is 0 Å². The SMILES string of the molecule is NNc1ncc(F)c(Nc2cc(F)ccc2F)n1. The Morgan fingerprint density at radius 3 is 2.61 bits per heavy atom. The van der Waals surface area contributed by atoms with Crippen LogP contribution in [0, 0.1) is 17.5 Å². The zero-order valence-electron chi connectivity index (χ0n) is 8.92. The Bertz CT molecular complexity index is 575. The maximum absolute atomic E-state index is 13.4. The fourth-order valence-electron chi connectivity index (χ4n) is 1.25. The summed E-state index contributed by atoms with van der Waals surface area (Å²) in [4.78, 5) is 7.14. The monoisotopic (exact) mass is 255 g/mol. The molecule has 0 saturated carbocycles. The highest BCUT2D eigenvalue weighted by atomic mass is 19.1. The van der Waals surface area contributed by atoms with E-state index in [-0.39, 0.29) is 17.5 Å². The molecule has 4 N–H and O–H groups in total. The van der Waals surface area contributed by atoms with Crippen LogP contribution in [0.4, 0.5) is 30.6 Å². The number of hydrazine groups is 1. The van der Waals surface area contributed by atoms with Gasteiger partial charge in [-0.25, -0.2) is 24.0 Å². The number of nitrogens with two attached hydrogens (primary N) is 1. The van der Waals surface area contributed by atoms with E-state index < -0.39 is 17.5 Å². The van der Waals surface area contributed by atoms with E-state index in [9.17, 15) is 13.2 Å². The zero-order chi connectivity index (χ0) is 13.1. The average Bonchev–Trinajstić information content (AvgIpc) is 2.36. The third-order valence-corrected chi connectivity index (χ3v) is 2.05. The number of halogens is 3. The van der Waals surface area contributed by atoms with Gasteiger partial charge in [0.2, 0.25) is 5.95 Å². The van der Waals surface area contributed by atoms with Crippen LogP contribution in [0.2, 0.25) is 0 Å². The largest absolute Gasteiger partial charge is 0.335 e. The number of nitrogen functional groups attached to an aromatic ring is 1. The normalized spacial score (nSPS) is 10.2. The van der Waals surface area contributed by atoms with Crippen molar-refractivity contribution in [3.8, 4) is 0 Å². The molecular weight excluding hydrogens is 247 g/mol. The number of hydrogen-bond acceptors (Lipinski definition) is 5. The smallest absolute Gasteiger partial charge is 0.239 e. The Hall–Kier alpha value is -2.35. The van der Waals surface area contributed by atoms with Crippen LogP contribution >= 0.6 is 0 Å². The highest BCUT2D eigenvalue weighted by molar-refractivity contribution is 5.58. The third-order valence-electron chi connectivity index (χ3n) is 2.05. The van der Waals surface area contributed by atoms with Gasteiger partial charge in [0.25, 0.3) is 0 Å². The Morgan fingerprint density at radius 2 is 1.89 bits per heavy atom. The van der Waals surface area contributed by atoms with Crippen LogP contribution in [-0.2, 0) is 0 Å². The molecule has 18 heavy (non-hydrogen) atoms. The molecule has 2 rings (SSSR count). The molecule has 0 bridgehead atoms. The number of anilines is 3. The van der Waals surface area contributed by atoms with Gasteiger partial charge in [0, 0.05) is 6.07 Å². The molecule has 1 heterocycles. The average molecular weight is 255 g/mol. The van der Waals surface area contributed by atoms with E-state index in [2.05, 4.69) is 20.7 Å². The van der Waals surface area contributed by atoms with Crippen molar-refractivity contribution in [2.75, 3.05) is 10.7 Å². The minimum absolute atomic E-state index is 0.0595. The van der Waals surface area contributed by atoms with Crippen molar-refractivity contribution in [2.24, 2.45) is 5.84 Å². The summed E-state index contributed by atoms with van der Waals surface area (Å²) in [6.07, 6.45) is 0.849. The zero-order valence-corrected chi connectivity index (χ0v) is 8.92. The summed E-state index contributed by atoms with van der Waals surface area (Å²) in [6.45, 7) is 0. The number of hydrogen-bond donors (Lipinski definition) is 3. The van der Waals surface area contributed by atoms with Gasteiger partial charge in [-0.05, 0) is 12.1 Å². The van der Waals surface area contributed by atoms with Gasteiger partial charge in [-0.3, -0.25) is 5.43 Å². The minimum Gasteiger partial charge on any atom is -0.335 e. The molecule has 0 radical (unpaired) electrons. The van der Waals surface area contributed by atoms with Gasteiger partial charge in [-0.15, -0.1) is 0 Å². The van der Waals surface area contributed by atoms with Gasteiger partial charge >= 0.3 is 0 Å². The summed E-state index contributed by atoms with van der Waals surface area (Å²) < 4.78 is 39.6. The van der Waals surface area contributed by atoms with Crippen molar-refractivity contribution in [3.05, 3.63) is 41.8 Å². The first-order chi connectivity index (χ1) is 8.60. The lowest BCUT2D eigenvalue weighted by Gasteiger charge is -2.08. The molecule has 0 aliphatic heterocycles. The van der Waals surface area contributed by atoms with Gasteiger partial charge < -0.3 is 5.32 Å². The maximum atomic E-state index is 13.4. The van der Waals surface area contributed by atoms with Crippen LogP contribution in [-0.4, -0.2) is 9.97 Å². The third kappa shape index (κ3) is 2.48. The fourth-order valence-corrected chi connectivity index (χ4v) is 1.25. The highest BCUT2D eigenvalue weighted by Crippen LogP contribution is 2.21. The second-order valence-corrected chi connectivity index (χ2v) is 3.28. The molecule has 0 fully saturated rings. The topological polar surface area (TPSA) is 75.9 Å². The number of aromatic nitrogens is 2. The predicted molar refractivity (Wildman–Crippen MR) is 59.4 cm³/mol. The Morgan fingerprint density at radius 1 is 1.11 bits per heavy atom. The van der Waals surface area contributed by atoms with E-state index in [1.54, 1.807) is 0 Å². The first-order valence-electron chi connectivity index (χ1n) is 4.81. The number of benzene rings is 1. The second kappa shape index (κ2) is 4.88. The summed E-state index contributed by atoms with van der Waals surface area (Å²) in [5, 5.41) is 2.32. The van der Waals surface area contributed by atoms with Crippen molar-refractivity contribution < 1.29 is 13.2 Å². The molecule has 8 heteroatoms. The molecule has 0 unspecified atom stereocenters. The van der Waals surface area contributed by atoms with E-state index in [1.807, 2.05) is 0 Å². The van der Waals surface area contributed by atoms with Crippen LogP contribution in [0.1, 0.15) is 0 Å². The van der Waals surface area contributed by atoms with E-state index in [0.717, 1.165) is 24.4 Å². The van der Waals surface area contributed by atoms with Crippen LogP contribution < -0.4 is 16.6 Å². The van der Waals surface area contributed by atoms with Gasteiger partial charge in [0.05, 0.1) is 11.9 Å². The van der Waals surface area contributed by atoms with Crippen LogP contribution in [0.5, 0.6) is 0 Å². The highest BCUT2D eigenvalue weighted by Gasteiger charge is 2.10. The summed E-state index contributed by atoms with van der Waals surface area (Å²) >= 11 is 0. The van der Waals surface area contributed by atoms with Gasteiger partial charge in [-0.2, -0.15) is 4.98 Å². The summed E-state index contributed by atoms with van der Waals surface area (Å²) in [5.74, 6) is 2.46. The minimum atomic E-state index is -0.822. The van der Waals surface area contributed by atoms with E-state index >= 15 is 0 Å². The lowest BCUT2D eigenvalue weighted by Crippen LogP contribution is -2.12. The quantitative estimate of drug-likeness (QED) is 0.577. The van der Waals surface area contributed by atoms with Crippen LogP contribution in [0.25, 0.3) is 0 Å². The Balaban J connectivity index is 2.36. The number of nitrogens with zero attached hydrogens (tertiary/aromatic N) is 2. The first-order valence-corrected chi connectivity index (χ1v) is 4.81. The van der Waals surface area contributed by atoms with Crippen molar-refractivity contribution in [1.29, 1.82) is 0 Å². The van der Waals surface area contributed by atoms with E-state index in [4.69, 9.17) is 5.84 Å². The molecule has 0 aliphatic carbocycles. The van der Waals surface area contributed by atoms with Gasteiger partial charge in [0.15, 0.2) is 11.6 Å². The van der Waals surface area contributed by atoms with Crippen molar-refractivity contribution >= 4 is 17.5 Å². The van der Waals surface area contributed by atoms with Crippen molar-refractivity contribution in [1.82, 2.24) is 9.97 Å². The second-order valence-electron chi connectivity index (χ2n) is 3.28. The summed E-state index contributed by atoms with van der Waals surface area (Å²) in [7, 11) is 0. The summed E-state index contributed by atoms with van der Waals surface area (Å²) in [5.41, 5.74) is 1.87. The molecule has 1 aromatic heterocycles.